The molecule has 0 aromatic heterocycles. The number of carbonyl (C=O) groups is 2. The minimum absolute atomic E-state index is 0.190. The molecule has 0 aliphatic carbocycles. The first kappa shape index (κ1) is 22.5. The number of aliphatic hydroxyl groups is 1. The van der Waals surface area contributed by atoms with Gasteiger partial charge in [-0.25, -0.2) is 5.48 Å². The van der Waals surface area contributed by atoms with Crippen LogP contribution in [0, 0.1) is 23.7 Å². The van der Waals surface area contributed by atoms with E-state index in [2.05, 4.69) is 29.0 Å². The summed E-state index contributed by atoms with van der Waals surface area (Å²) in [5.74, 6) is 9.72. The zero-order valence-electron chi connectivity index (χ0n) is 16.7. The highest BCUT2D eigenvalue weighted by Crippen LogP contribution is 2.15. The van der Waals surface area contributed by atoms with E-state index >= 15 is 0 Å². The maximum Gasteiger partial charge on any atom is 0.268 e. The minimum Gasteiger partial charge on any atom is -0.398 e. The van der Waals surface area contributed by atoms with E-state index in [1.807, 2.05) is 12.1 Å². The van der Waals surface area contributed by atoms with Crippen molar-refractivity contribution < 1.29 is 19.9 Å². The smallest absolute Gasteiger partial charge is 0.268 e. The number of rotatable bonds is 5. The third-order valence-electron chi connectivity index (χ3n) is 4.56. The average molecular weight is 405 g/mol. The molecule has 2 unspecified atom stereocenters. The van der Waals surface area contributed by atoms with Crippen LogP contribution < -0.4 is 16.5 Å². The van der Waals surface area contributed by atoms with Crippen molar-refractivity contribution in [1.29, 1.82) is 0 Å². The SMILES string of the molecule is CCC(C)(O)C(NC(=O)c1ccc(C#CC#Cc2ccccc2N)cc1)C(=O)NO. The molecule has 0 heterocycles. The van der Waals surface area contributed by atoms with Crippen LogP contribution in [0.5, 0.6) is 0 Å². The number of nitrogen functional groups attached to an aromatic ring is 1. The van der Waals surface area contributed by atoms with Crippen molar-refractivity contribution in [2.75, 3.05) is 5.73 Å². The summed E-state index contributed by atoms with van der Waals surface area (Å²) in [6, 6.07) is 12.3. The summed E-state index contributed by atoms with van der Waals surface area (Å²) < 4.78 is 0. The molecule has 0 saturated heterocycles. The predicted molar refractivity (Wildman–Crippen MR) is 113 cm³/mol. The summed E-state index contributed by atoms with van der Waals surface area (Å²) in [6.45, 7) is 3.06. The van der Waals surface area contributed by atoms with Gasteiger partial charge in [-0.3, -0.25) is 14.8 Å². The zero-order valence-corrected chi connectivity index (χ0v) is 16.7. The van der Waals surface area contributed by atoms with Gasteiger partial charge in [-0.05, 0) is 61.6 Å². The fourth-order valence-corrected chi connectivity index (χ4v) is 2.50. The Morgan fingerprint density at radius 2 is 1.73 bits per heavy atom. The lowest BCUT2D eigenvalue weighted by Gasteiger charge is -2.30. The van der Waals surface area contributed by atoms with Crippen molar-refractivity contribution in [2.45, 2.75) is 31.9 Å². The molecule has 0 saturated carbocycles. The van der Waals surface area contributed by atoms with E-state index in [0.717, 1.165) is 0 Å². The molecular weight excluding hydrogens is 382 g/mol. The summed E-state index contributed by atoms with van der Waals surface area (Å²) in [5, 5.41) is 21.6. The molecule has 0 aliphatic rings. The van der Waals surface area contributed by atoms with Crippen LogP contribution in [0.2, 0.25) is 0 Å². The van der Waals surface area contributed by atoms with Crippen molar-refractivity contribution in [3.05, 3.63) is 65.2 Å². The van der Waals surface area contributed by atoms with Gasteiger partial charge in [-0.2, -0.15) is 0 Å². The van der Waals surface area contributed by atoms with Crippen LogP contribution in [-0.2, 0) is 4.79 Å². The number of nitrogens with one attached hydrogen (secondary N) is 2. The van der Waals surface area contributed by atoms with Gasteiger partial charge in [0.1, 0.15) is 6.04 Å². The molecule has 2 aromatic carbocycles. The number of benzene rings is 2. The number of anilines is 1. The van der Waals surface area contributed by atoms with Gasteiger partial charge in [0.2, 0.25) is 0 Å². The number of nitrogens with two attached hydrogens (primary N) is 1. The fourth-order valence-electron chi connectivity index (χ4n) is 2.50. The second kappa shape index (κ2) is 10.1. The highest BCUT2D eigenvalue weighted by Gasteiger charge is 2.37. The van der Waals surface area contributed by atoms with E-state index < -0.39 is 23.5 Å². The van der Waals surface area contributed by atoms with E-state index in [1.165, 1.54) is 24.5 Å². The van der Waals surface area contributed by atoms with E-state index in [0.29, 0.717) is 16.8 Å². The molecule has 2 atom stereocenters. The highest BCUT2D eigenvalue weighted by molar-refractivity contribution is 5.97. The number of para-hydroxylation sites is 1. The van der Waals surface area contributed by atoms with Crippen molar-refractivity contribution in [3.8, 4) is 23.7 Å². The quantitative estimate of drug-likeness (QED) is 0.223. The van der Waals surface area contributed by atoms with Gasteiger partial charge in [0.05, 0.1) is 5.60 Å². The Morgan fingerprint density at radius 3 is 2.33 bits per heavy atom. The van der Waals surface area contributed by atoms with Crippen LogP contribution in [0.1, 0.15) is 41.8 Å². The maximum atomic E-state index is 12.4. The summed E-state index contributed by atoms with van der Waals surface area (Å²) in [4.78, 5) is 24.3. The number of carbonyl (C=O) groups excluding carboxylic acids is 2. The summed E-state index contributed by atoms with van der Waals surface area (Å²) >= 11 is 0. The van der Waals surface area contributed by atoms with Crippen LogP contribution in [-0.4, -0.2) is 33.8 Å². The lowest BCUT2D eigenvalue weighted by molar-refractivity contribution is -0.137. The van der Waals surface area contributed by atoms with Crippen molar-refractivity contribution in [3.63, 3.8) is 0 Å². The van der Waals surface area contributed by atoms with Gasteiger partial charge in [-0.1, -0.05) is 30.9 Å². The third kappa shape index (κ3) is 5.86. The molecule has 7 nitrogen and oxygen atoms in total. The Bertz CT molecular complexity index is 1040. The minimum atomic E-state index is -1.53. The number of hydroxylamine groups is 1. The third-order valence-corrected chi connectivity index (χ3v) is 4.56. The van der Waals surface area contributed by atoms with E-state index in [1.54, 1.807) is 31.2 Å². The lowest BCUT2D eigenvalue weighted by Crippen LogP contribution is -2.58. The fraction of sp³-hybridized carbons (Fsp3) is 0.217. The summed E-state index contributed by atoms with van der Waals surface area (Å²) in [6.07, 6.45) is 0.190. The first-order chi connectivity index (χ1) is 14.3. The Kier molecular flexibility index (Phi) is 7.60. The molecule has 0 aliphatic heterocycles. The van der Waals surface area contributed by atoms with Crippen LogP contribution in [0.3, 0.4) is 0 Å². The number of hydrogen-bond donors (Lipinski definition) is 5. The Labute approximate surface area is 175 Å². The topological polar surface area (TPSA) is 125 Å². The second-order valence-corrected chi connectivity index (χ2v) is 6.76. The first-order valence-electron chi connectivity index (χ1n) is 9.22. The number of amides is 2. The van der Waals surface area contributed by atoms with E-state index in [-0.39, 0.29) is 12.0 Å². The van der Waals surface area contributed by atoms with Crippen LogP contribution in [0.25, 0.3) is 0 Å². The molecular formula is C23H23N3O4. The zero-order chi connectivity index (χ0) is 22.1. The van der Waals surface area contributed by atoms with E-state index in [4.69, 9.17) is 10.9 Å². The highest BCUT2D eigenvalue weighted by atomic mass is 16.5. The second-order valence-electron chi connectivity index (χ2n) is 6.76. The lowest BCUT2D eigenvalue weighted by atomic mass is 9.92. The van der Waals surface area contributed by atoms with Crippen LogP contribution in [0.15, 0.2) is 48.5 Å². The van der Waals surface area contributed by atoms with Crippen molar-refractivity contribution in [2.24, 2.45) is 0 Å². The monoisotopic (exact) mass is 405 g/mol. The number of hydrogen-bond acceptors (Lipinski definition) is 5. The van der Waals surface area contributed by atoms with Gasteiger partial charge in [0, 0.05) is 22.4 Å². The average Bonchev–Trinajstić information content (AvgIpc) is 2.75. The molecule has 7 heteroatoms. The van der Waals surface area contributed by atoms with Crippen molar-refractivity contribution in [1.82, 2.24) is 10.8 Å². The van der Waals surface area contributed by atoms with E-state index in [9.17, 15) is 14.7 Å². The van der Waals surface area contributed by atoms with Gasteiger partial charge in [0.15, 0.2) is 0 Å². The molecule has 0 fully saturated rings. The molecule has 2 amide bonds. The van der Waals surface area contributed by atoms with Gasteiger partial charge < -0.3 is 16.2 Å². The van der Waals surface area contributed by atoms with Gasteiger partial charge >= 0.3 is 0 Å². The summed E-state index contributed by atoms with van der Waals surface area (Å²) in [5.41, 5.74) is 7.94. The summed E-state index contributed by atoms with van der Waals surface area (Å²) in [7, 11) is 0. The van der Waals surface area contributed by atoms with Crippen LogP contribution in [0.4, 0.5) is 5.69 Å². The Balaban J connectivity index is 2.10. The van der Waals surface area contributed by atoms with Crippen LogP contribution >= 0.6 is 0 Å². The molecule has 2 aromatic rings. The molecule has 0 bridgehead atoms. The molecule has 0 spiro atoms. The molecule has 2 rings (SSSR count). The standard InChI is InChI=1S/C23H23N3O4/c1-3-23(2,29)20(22(28)26-30)25-21(27)18-14-12-16(13-15-18)8-4-5-9-17-10-6-7-11-19(17)24/h6-7,10-15,20,29-30H,3,24H2,1-2H3,(H,25,27)(H,26,28). The Morgan fingerprint density at radius 1 is 1.10 bits per heavy atom. The predicted octanol–water partition coefficient (Wildman–Crippen LogP) is 1.44. The molecule has 154 valence electrons. The van der Waals surface area contributed by atoms with Gasteiger partial charge in [-0.15, -0.1) is 0 Å². The first-order valence-corrected chi connectivity index (χ1v) is 9.22. The van der Waals surface area contributed by atoms with Gasteiger partial charge in [0.25, 0.3) is 11.8 Å². The normalized spacial score (nSPS) is 12.8. The molecule has 30 heavy (non-hydrogen) atoms. The maximum absolute atomic E-state index is 12.4. The molecule has 0 radical (unpaired) electrons. The largest absolute Gasteiger partial charge is 0.398 e. The Hall–Kier alpha value is -3.78. The van der Waals surface area contributed by atoms with Crippen molar-refractivity contribution >= 4 is 17.5 Å². The molecule has 6 N–H and O–H groups in total.